The van der Waals surface area contributed by atoms with Gasteiger partial charge in [-0.25, -0.2) is 4.68 Å². The van der Waals surface area contributed by atoms with Gasteiger partial charge in [0.1, 0.15) is 6.04 Å². The molecule has 1 atom stereocenters. The first-order valence-corrected chi connectivity index (χ1v) is 10.1. The molecular formula is C22H22ClN5O2. The van der Waals surface area contributed by atoms with Gasteiger partial charge >= 0.3 is 0 Å². The molecule has 3 aromatic rings. The van der Waals surface area contributed by atoms with Gasteiger partial charge in [-0.1, -0.05) is 35.9 Å². The highest BCUT2D eigenvalue weighted by Gasteiger charge is 2.25. The molecular weight excluding hydrogens is 402 g/mol. The normalized spacial score (nSPS) is 15.2. The van der Waals surface area contributed by atoms with E-state index in [2.05, 4.69) is 26.8 Å². The number of halogens is 1. The highest BCUT2D eigenvalue weighted by atomic mass is 35.5. The Morgan fingerprint density at radius 3 is 2.77 bits per heavy atom. The van der Waals surface area contributed by atoms with Gasteiger partial charge < -0.3 is 15.7 Å². The Bertz CT molecular complexity index is 1090. The van der Waals surface area contributed by atoms with Crippen LogP contribution in [0.1, 0.15) is 36.3 Å². The molecule has 4 rings (SSSR count). The number of benzene rings is 2. The molecule has 1 aliphatic rings. The molecule has 0 spiro atoms. The van der Waals surface area contributed by atoms with Crippen molar-refractivity contribution in [1.29, 1.82) is 0 Å². The minimum Gasteiger partial charge on any atom is -0.396 e. The van der Waals surface area contributed by atoms with Crippen LogP contribution in [0.15, 0.2) is 54.6 Å². The summed E-state index contributed by atoms with van der Waals surface area (Å²) in [6, 6.07) is 15.1. The number of hydrogen-bond acceptors (Lipinski definition) is 5. The Balaban J connectivity index is 1.71. The first-order valence-electron chi connectivity index (χ1n) is 9.72. The topological polar surface area (TPSA) is 92.1 Å². The van der Waals surface area contributed by atoms with Crippen LogP contribution in [0.3, 0.4) is 0 Å². The van der Waals surface area contributed by atoms with E-state index in [9.17, 15) is 4.79 Å². The van der Waals surface area contributed by atoms with Crippen molar-refractivity contribution in [1.82, 2.24) is 14.8 Å². The predicted octanol–water partition coefficient (Wildman–Crippen LogP) is 3.87. The number of carbonyl (C=O) groups is 1. The zero-order valence-electron chi connectivity index (χ0n) is 16.5. The number of amides is 1. The first-order chi connectivity index (χ1) is 14.5. The summed E-state index contributed by atoms with van der Waals surface area (Å²) in [6.07, 6.45) is 3.29. The number of aryl methyl sites for hydroxylation is 1. The molecule has 1 aliphatic heterocycles. The first kappa shape index (κ1) is 20.1. The second-order valence-electron chi connectivity index (χ2n) is 7.09. The van der Waals surface area contributed by atoms with Crippen molar-refractivity contribution in [3.05, 3.63) is 76.6 Å². The average Bonchev–Trinajstić information content (AvgIpc) is 3.14. The van der Waals surface area contributed by atoms with Crippen LogP contribution in [0.4, 0.5) is 11.6 Å². The monoisotopic (exact) mass is 423 g/mol. The maximum Gasteiger partial charge on any atom is 0.226 e. The van der Waals surface area contributed by atoms with Crippen molar-refractivity contribution in [2.45, 2.75) is 25.8 Å². The summed E-state index contributed by atoms with van der Waals surface area (Å²) in [5.41, 5.74) is 3.59. The summed E-state index contributed by atoms with van der Waals surface area (Å²) >= 11 is 6.23. The highest BCUT2D eigenvalue weighted by molar-refractivity contribution is 6.30. The summed E-state index contributed by atoms with van der Waals surface area (Å²) in [4.78, 5) is 15.9. The lowest BCUT2D eigenvalue weighted by atomic mass is 10.0. The number of hydrogen-bond donors (Lipinski definition) is 3. The Hall–Kier alpha value is -3.16. The fraction of sp³-hybridized carbons (Fsp3) is 0.227. The van der Waals surface area contributed by atoms with E-state index in [4.69, 9.17) is 16.7 Å². The number of nitrogens with one attached hydrogen (secondary N) is 2. The SMILES string of the molecule is CC(=O)Nc1ccc(C2=CC(c3cccc(Cl)c3)n3nc(CCCO)nc3N2)cc1. The molecule has 0 fully saturated rings. The Morgan fingerprint density at radius 1 is 1.27 bits per heavy atom. The minimum atomic E-state index is -0.180. The lowest BCUT2D eigenvalue weighted by Gasteiger charge is -2.24. The molecule has 3 N–H and O–H groups in total. The highest BCUT2D eigenvalue weighted by Crippen LogP contribution is 2.33. The van der Waals surface area contributed by atoms with Crippen molar-refractivity contribution >= 4 is 34.8 Å². The van der Waals surface area contributed by atoms with Crippen LogP contribution in [-0.2, 0) is 11.2 Å². The Kier molecular flexibility index (Phi) is 5.83. The van der Waals surface area contributed by atoms with Crippen LogP contribution in [0.25, 0.3) is 5.70 Å². The van der Waals surface area contributed by atoms with E-state index in [-0.39, 0.29) is 18.6 Å². The molecule has 2 heterocycles. The molecule has 8 heteroatoms. The van der Waals surface area contributed by atoms with E-state index < -0.39 is 0 Å². The molecule has 0 aliphatic carbocycles. The van der Waals surface area contributed by atoms with Crippen LogP contribution in [0, 0.1) is 0 Å². The van der Waals surface area contributed by atoms with Gasteiger partial charge in [-0.3, -0.25) is 4.79 Å². The average molecular weight is 424 g/mol. The van der Waals surface area contributed by atoms with Gasteiger partial charge in [-0.05, 0) is 47.9 Å². The molecule has 1 unspecified atom stereocenters. The molecule has 0 radical (unpaired) electrons. The lowest BCUT2D eigenvalue weighted by Crippen LogP contribution is -2.20. The van der Waals surface area contributed by atoms with Crippen molar-refractivity contribution < 1.29 is 9.90 Å². The number of anilines is 2. The number of aliphatic hydroxyl groups is 1. The number of aromatic nitrogens is 3. The van der Waals surface area contributed by atoms with Gasteiger partial charge in [0.15, 0.2) is 5.82 Å². The second kappa shape index (κ2) is 8.69. The van der Waals surface area contributed by atoms with Crippen molar-refractivity contribution in [3.8, 4) is 0 Å². The van der Waals surface area contributed by atoms with E-state index >= 15 is 0 Å². The van der Waals surface area contributed by atoms with E-state index in [0.717, 1.165) is 22.5 Å². The predicted molar refractivity (Wildman–Crippen MR) is 117 cm³/mol. The fourth-order valence-electron chi connectivity index (χ4n) is 3.41. The van der Waals surface area contributed by atoms with Gasteiger partial charge in [0.2, 0.25) is 11.9 Å². The van der Waals surface area contributed by atoms with Gasteiger partial charge in [0.25, 0.3) is 0 Å². The molecule has 30 heavy (non-hydrogen) atoms. The van der Waals surface area contributed by atoms with E-state index in [1.807, 2.05) is 53.2 Å². The summed E-state index contributed by atoms with van der Waals surface area (Å²) in [7, 11) is 0. The van der Waals surface area contributed by atoms with Crippen molar-refractivity contribution in [2.75, 3.05) is 17.2 Å². The largest absolute Gasteiger partial charge is 0.396 e. The molecule has 1 aromatic heterocycles. The molecule has 154 valence electrons. The summed E-state index contributed by atoms with van der Waals surface area (Å²) in [5.74, 6) is 1.20. The maximum atomic E-state index is 11.3. The molecule has 0 saturated carbocycles. The molecule has 0 bridgehead atoms. The van der Waals surface area contributed by atoms with Crippen LogP contribution in [0.5, 0.6) is 0 Å². The fourth-order valence-corrected chi connectivity index (χ4v) is 3.61. The third kappa shape index (κ3) is 4.37. The number of nitrogens with zero attached hydrogens (tertiary/aromatic N) is 3. The number of fused-ring (bicyclic) bond motifs is 1. The quantitative estimate of drug-likeness (QED) is 0.559. The summed E-state index contributed by atoms with van der Waals surface area (Å²) in [5, 5.41) is 20.6. The smallest absolute Gasteiger partial charge is 0.226 e. The number of rotatable bonds is 6. The van der Waals surface area contributed by atoms with Crippen LogP contribution in [-0.4, -0.2) is 32.4 Å². The Morgan fingerprint density at radius 2 is 2.07 bits per heavy atom. The van der Waals surface area contributed by atoms with E-state index in [0.29, 0.717) is 29.6 Å². The van der Waals surface area contributed by atoms with E-state index in [1.165, 1.54) is 6.92 Å². The van der Waals surface area contributed by atoms with Gasteiger partial charge in [0.05, 0.1) is 0 Å². The Labute approximate surface area is 179 Å². The molecule has 2 aromatic carbocycles. The number of aliphatic hydroxyl groups excluding tert-OH is 1. The third-order valence-corrected chi connectivity index (χ3v) is 5.01. The van der Waals surface area contributed by atoms with Gasteiger partial charge in [-0.2, -0.15) is 10.1 Å². The molecule has 7 nitrogen and oxygen atoms in total. The van der Waals surface area contributed by atoms with E-state index in [1.54, 1.807) is 0 Å². The van der Waals surface area contributed by atoms with Crippen LogP contribution < -0.4 is 10.6 Å². The number of carbonyl (C=O) groups excluding carboxylic acids is 1. The zero-order chi connectivity index (χ0) is 21.1. The molecule has 0 saturated heterocycles. The maximum absolute atomic E-state index is 11.3. The summed E-state index contributed by atoms with van der Waals surface area (Å²) < 4.78 is 1.84. The second-order valence-corrected chi connectivity index (χ2v) is 7.52. The third-order valence-electron chi connectivity index (χ3n) is 4.77. The van der Waals surface area contributed by atoms with Crippen LogP contribution >= 0.6 is 11.6 Å². The minimum absolute atomic E-state index is 0.0964. The summed E-state index contributed by atoms with van der Waals surface area (Å²) in [6.45, 7) is 1.58. The number of allylic oxidation sites excluding steroid dienone is 1. The van der Waals surface area contributed by atoms with Gasteiger partial charge in [0, 0.05) is 36.4 Å². The molecule has 1 amide bonds. The van der Waals surface area contributed by atoms with Crippen LogP contribution in [0.2, 0.25) is 5.02 Å². The van der Waals surface area contributed by atoms with Gasteiger partial charge in [-0.15, -0.1) is 0 Å². The zero-order valence-corrected chi connectivity index (χ0v) is 17.2. The van der Waals surface area contributed by atoms with Crippen molar-refractivity contribution in [2.24, 2.45) is 0 Å². The standard InChI is InChI=1S/C22H22ClN5O2/c1-14(30)24-18-9-7-15(8-10-18)19-13-20(16-4-2-5-17(23)12-16)28-22(25-19)26-21(27-28)6-3-11-29/h2,4-5,7-10,12-13,20,29H,3,6,11H2,1H3,(H,24,30)(H,25,26,27). The van der Waals surface area contributed by atoms with Crippen molar-refractivity contribution in [3.63, 3.8) is 0 Å². The lowest BCUT2D eigenvalue weighted by molar-refractivity contribution is -0.114.